The van der Waals surface area contributed by atoms with Crippen LogP contribution in [0.2, 0.25) is 0 Å². The largest absolute Gasteiger partial charge is 0.466 e. The summed E-state index contributed by atoms with van der Waals surface area (Å²) in [6.07, 6.45) is 0.156. The first kappa shape index (κ1) is 27.8. The van der Waals surface area contributed by atoms with Crippen molar-refractivity contribution in [2.75, 3.05) is 31.6 Å². The highest BCUT2D eigenvalue weighted by molar-refractivity contribution is 7.89. The van der Waals surface area contributed by atoms with Gasteiger partial charge in [0.05, 0.1) is 24.2 Å². The average molecular weight is 562 g/mol. The molecule has 1 aliphatic rings. The summed E-state index contributed by atoms with van der Waals surface area (Å²) < 4.78 is 36.1. The predicted octanol–water partition coefficient (Wildman–Crippen LogP) is 4.31. The number of aromatic nitrogens is 3. The Kier molecular flexibility index (Phi) is 7.65. The molecule has 5 rings (SSSR count). The SMILES string of the molecule is CCOC(=O)CC(c1ccc(C)c(CN2CCN(C)c3ccccc3S2(=O)=O)c1)c1ccc2c(nnn2C)c1C. The highest BCUT2D eigenvalue weighted by Gasteiger charge is 2.32. The first-order valence-corrected chi connectivity index (χ1v) is 14.9. The van der Waals surface area contributed by atoms with E-state index < -0.39 is 10.0 Å². The molecule has 0 saturated carbocycles. The molecule has 0 radical (unpaired) electrons. The molecule has 9 nitrogen and oxygen atoms in total. The Morgan fingerprint density at radius 2 is 1.82 bits per heavy atom. The zero-order valence-corrected chi connectivity index (χ0v) is 24.4. The molecule has 1 atom stereocenters. The molecule has 4 aromatic rings. The number of aryl methyl sites for hydroxylation is 3. The topological polar surface area (TPSA) is 97.6 Å². The molecule has 0 amide bonds. The zero-order valence-electron chi connectivity index (χ0n) is 23.6. The Hall–Kier alpha value is -3.76. The van der Waals surface area contributed by atoms with Gasteiger partial charge in [-0.15, -0.1) is 5.10 Å². The second kappa shape index (κ2) is 11.0. The normalized spacial score (nSPS) is 16.0. The summed E-state index contributed by atoms with van der Waals surface area (Å²) in [5, 5.41) is 8.51. The number of sulfonamides is 1. The first-order valence-electron chi connectivity index (χ1n) is 13.5. The lowest BCUT2D eigenvalue weighted by atomic mass is 9.84. The third kappa shape index (κ3) is 5.09. The highest BCUT2D eigenvalue weighted by Crippen LogP contribution is 2.36. The van der Waals surface area contributed by atoms with Crippen LogP contribution in [0, 0.1) is 13.8 Å². The lowest BCUT2D eigenvalue weighted by Crippen LogP contribution is -2.33. The summed E-state index contributed by atoms with van der Waals surface area (Å²) in [5.74, 6) is -0.583. The first-order chi connectivity index (χ1) is 19.1. The number of hydrogen-bond acceptors (Lipinski definition) is 7. The second-order valence-corrected chi connectivity index (χ2v) is 12.2. The summed E-state index contributed by atoms with van der Waals surface area (Å²) in [4.78, 5) is 15.1. The molecule has 0 aliphatic carbocycles. The van der Waals surface area contributed by atoms with Gasteiger partial charge >= 0.3 is 5.97 Å². The maximum atomic E-state index is 13.7. The summed E-state index contributed by atoms with van der Waals surface area (Å²) in [5.41, 5.74) is 7.14. The van der Waals surface area contributed by atoms with Gasteiger partial charge < -0.3 is 9.64 Å². The van der Waals surface area contributed by atoms with Crippen LogP contribution in [0.15, 0.2) is 59.5 Å². The van der Waals surface area contributed by atoms with Gasteiger partial charge in [-0.25, -0.2) is 13.1 Å². The number of carbonyl (C=O) groups is 1. The smallest absolute Gasteiger partial charge is 0.306 e. The van der Waals surface area contributed by atoms with Crippen molar-refractivity contribution < 1.29 is 17.9 Å². The molecule has 3 aromatic carbocycles. The van der Waals surface area contributed by atoms with E-state index in [4.69, 9.17) is 4.74 Å². The van der Waals surface area contributed by atoms with E-state index in [1.54, 1.807) is 28.0 Å². The van der Waals surface area contributed by atoms with Crippen molar-refractivity contribution in [1.29, 1.82) is 0 Å². The van der Waals surface area contributed by atoms with Crippen molar-refractivity contribution in [3.63, 3.8) is 0 Å². The van der Waals surface area contributed by atoms with Crippen molar-refractivity contribution in [2.45, 2.75) is 44.6 Å². The Balaban J connectivity index is 1.55. The van der Waals surface area contributed by atoms with Gasteiger partial charge in [0.2, 0.25) is 10.0 Å². The van der Waals surface area contributed by atoms with Crippen LogP contribution >= 0.6 is 0 Å². The Morgan fingerprint density at radius 1 is 1.05 bits per heavy atom. The molecule has 0 N–H and O–H groups in total. The lowest BCUT2D eigenvalue weighted by Gasteiger charge is -2.24. The van der Waals surface area contributed by atoms with E-state index in [2.05, 4.69) is 10.3 Å². The van der Waals surface area contributed by atoms with Crippen molar-refractivity contribution in [2.24, 2.45) is 7.05 Å². The maximum absolute atomic E-state index is 13.7. The molecular formula is C30H35N5O4S. The van der Waals surface area contributed by atoms with Crippen molar-refractivity contribution in [3.8, 4) is 0 Å². The van der Waals surface area contributed by atoms with Crippen LogP contribution in [-0.2, 0) is 33.1 Å². The quantitative estimate of drug-likeness (QED) is 0.310. The van der Waals surface area contributed by atoms with Crippen LogP contribution in [0.1, 0.15) is 47.1 Å². The maximum Gasteiger partial charge on any atom is 0.306 e. The molecule has 1 aromatic heterocycles. The monoisotopic (exact) mass is 561 g/mol. The molecule has 1 unspecified atom stereocenters. The molecule has 2 heterocycles. The molecule has 0 spiro atoms. The van der Waals surface area contributed by atoms with Gasteiger partial charge in [-0.3, -0.25) is 4.79 Å². The van der Waals surface area contributed by atoms with E-state index >= 15 is 0 Å². The number of anilines is 1. The van der Waals surface area contributed by atoms with Gasteiger partial charge in [-0.1, -0.05) is 41.6 Å². The van der Waals surface area contributed by atoms with Gasteiger partial charge in [0.25, 0.3) is 0 Å². The molecule has 1 aliphatic heterocycles. The number of nitrogens with zero attached hydrogens (tertiary/aromatic N) is 5. The molecule has 10 heteroatoms. The number of rotatable bonds is 7. The summed E-state index contributed by atoms with van der Waals surface area (Å²) in [7, 11) is 0.0602. The Labute approximate surface area is 235 Å². The van der Waals surface area contributed by atoms with Crippen molar-refractivity contribution >= 4 is 32.7 Å². The second-order valence-electron chi connectivity index (χ2n) is 10.3. The number of para-hydroxylation sites is 1. The predicted molar refractivity (Wildman–Crippen MR) is 155 cm³/mol. The van der Waals surface area contributed by atoms with Crippen LogP contribution in [-0.4, -0.2) is 60.4 Å². The van der Waals surface area contributed by atoms with E-state index in [9.17, 15) is 13.2 Å². The van der Waals surface area contributed by atoms with E-state index in [0.29, 0.717) is 30.3 Å². The summed E-state index contributed by atoms with van der Waals surface area (Å²) >= 11 is 0. The number of ether oxygens (including phenoxy) is 1. The number of hydrogen-bond donors (Lipinski definition) is 0. The summed E-state index contributed by atoms with van der Waals surface area (Å²) in [6.45, 7) is 7.26. The standard InChI is InChI=1S/C30H35N5O4S/c1-6-39-29(36)18-25(24-13-14-27-30(21(24)3)31-32-34(27)5)22-12-11-20(2)23(17-22)19-35-16-15-33(4)26-9-7-8-10-28(26)40(35,37)38/h7-14,17,25H,6,15-16,18-19H2,1-5H3. The van der Waals surface area contributed by atoms with Gasteiger partial charge in [0.1, 0.15) is 10.4 Å². The Bertz CT molecular complexity index is 1680. The van der Waals surface area contributed by atoms with E-state index in [1.165, 1.54) is 0 Å². The van der Waals surface area contributed by atoms with Crippen LogP contribution in [0.25, 0.3) is 11.0 Å². The van der Waals surface area contributed by atoms with Gasteiger partial charge in [-0.05, 0) is 66.8 Å². The van der Waals surface area contributed by atoms with E-state index in [1.807, 2.05) is 75.3 Å². The number of likely N-dealkylation sites (N-methyl/N-ethyl adjacent to an activating group) is 1. The third-order valence-electron chi connectivity index (χ3n) is 7.83. The molecule has 210 valence electrons. The van der Waals surface area contributed by atoms with E-state index in [0.717, 1.165) is 38.9 Å². The number of esters is 1. The van der Waals surface area contributed by atoms with Crippen LogP contribution in [0.4, 0.5) is 5.69 Å². The van der Waals surface area contributed by atoms with Crippen LogP contribution in [0.5, 0.6) is 0 Å². The fourth-order valence-corrected chi connectivity index (χ4v) is 7.13. The minimum atomic E-state index is -3.71. The molecular weight excluding hydrogens is 526 g/mol. The van der Waals surface area contributed by atoms with E-state index in [-0.39, 0.29) is 24.9 Å². The minimum absolute atomic E-state index is 0.156. The fourth-order valence-electron chi connectivity index (χ4n) is 5.48. The van der Waals surface area contributed by atoms with Crippen molar-refractivity contribution in [3.05, 3.63) is 82.4 Å². The number of carbonyl (C=O) groups excluding carboxylic acids is 1. The minimum Gasteiger partial charge on any atom is -0.466 e. The van der Waals surface area contributed by atoms with Crippen molar-refractivity contribution in [1.82, 2.24) is 19.3 Å². The van der Waals surface area contributed by atoms with Gasteiger partial charge in [0.15, 0.2) is 0 Å². The average Bonchev–Trinajstić information content (AvgIpc) is 3.28. The Morgan fingerprint density at radius 3 is 2.60 bits per heavy atom. The number of fused-ring (bicyclic) bond motifs is 2. The molecule has 0 saturated heterocycles. The number of benzene rings is 3. The van der Waals surface area contributed by atoms with Gasteiger partial charge in [0, 0.05) is 39.6 Å². The van der Waals surface area contributed by atoms with Gasteiger partial charge in [-0.2, -0.15) is 4.31 Å². The van der Waals surface area contributed by atoms with Crippen LogP contribution < -0.4 is 4.90 Å². The van der Waals surface area contributed by atoms with Crippen LogP contribution in [0.3, 0.4) is 0 Å². The molecule has 0 fully saturated rings. The summed E-state index contributed by atoms with van der Waals surface area (Å²) in [6, 6.07) is 17.2. The highest BCUT2D eigenvalue weighted by atomic mass is 32.2. The molecule has 40 heavy (non-hydrogen) atoms. The zero-order chi connectivity index (χ0) is 28.6. The lowest BCUT2D eigenvalue weighted by molar-refractivity contribution is -0.143. The molecule has 0 bridgehead atoms. The fraction of sp³-hybridized carbons (Fsp3) is 0.367. The third-order valence-corrected chi connectivity index (χ3v) is 9.72.